The molecule has 2 bridgehead atoms. The number of phenolic OH excluding ortho intramolecular Hbond substituents is 1. The molecule has 5 aromatic rings. The Kier molecular flexibility index (Phi) is 12.4. The number of piperidine rings is 1. The van der Waals surface area contributed by atoms with Gasteiger partial charge >= 0.3 is 6.01 Å². The highest BCUT2D eigenvalue weighted by Gasteiger charge is 2.37. The molecule has 1 amide bonds. The number of piperazine rings is 2. The number of anilines is 2. The largest absolute Gasteiger partial charge is 0.508 e. The molecule has 4 unspecified atom stereocenters. The molecule has 0 saturated carbocycles. The predicted molar refractivity (Wildman–Crippen MR) is 250 cm³/mol. The van der Waals surface area contributed by atoms with Gasteiger partial charge in [0.05, 0.1) is 10.9 Å². The number of hydrogen-bond donors (Lipinski definition) is 2. The zero-order valence-corrected chi connectivity index (χ0v) is 38.2. The third-order valence-electron chi connectivity index (χ3n) is 14.8. The van der Waals surface area contributed by atoms with Gasteiger partial charge in [-0.15, -0.1) is 6.42 Å². The van der Waals surface area contributed by atoms with Crippen molar-refractivity contribution < 1.29 is 27.9 Å². The second kappa shape index (κ2) is 18.6. The Balaban J connectivity index is 0.769. The van der Waals surface area contributed by atoms with E-state index in [9.17, 15) is 14.3 Å². The molecule has 0 aliphatic carbocycles. The zero-order valence-electron chi connectivity index (χ0n) is 38.2. The lowest BCUT2D eigenvalue weighted by molar-refractivity contribution is -0.134. The van der Waals surface area contributed by atoms with Crippen molar-refractivity contribution in [2.45, 2.75) is 83.3 Å². The summed E-state index contributed by atoms with van der Waals surface area (Å²) in [5.41, 5.74) is 0.0631. The van der Waals surface area contributed by atoms with Crippen LogP contribution in [-0.4, -0.2) is 143 Å². The third-order valence-corrected chi connectivity index (χ3v) is 14.8. The summed E-state index contributed by atoms with van der Waals surface area (Å²) >= 11 is 0. The van der Waals surface area contributed by atoms with Crippen LogP contribution in [0.1, 0.15) is 76.5 Å². The lowest BCUT2D eigenvalue weighted by Crippen LogP contribution is -2.51. The second-order valence-corrected chi connectivity index (χ2v) is 19.5. The van der Waals surface area contributed by atoms with E-state index in [-0.39, 0.29) is 63.3 Å². The number of amides is 1. The molecule has 3 aromatic heterocycles. The monoisotopic (exact) mass is 902 g/mol. The van der Waals surface area contributed by atoms with Gasteiger partial charge in [0.15, 0.2) is 17.4 Å². The van der Waals surface area contributed by atoms with Crippen LogP contribution in [0.15, 0.2) is 41.1 Å². The molecule has 0 spiro atoms. The highest BCUT2D eigenvalue weighted by atomic mass is 19.1. The van der Waals surface area contributed by atoms with Gasteiger partial charge in [-0.3, -0.25) is 19.6 Å². The number of carbonyl (C=O) groups excluding carboxylic acids is 1. The van der Waals surface area contributed by atoms with E-state index >= 15 is 4.39 Å². The predicted octanol–water partition coefficient (Wildman–Crippen LogP) is 6.40. The lowest BCUT2D eigenvalue weighted by Gasteiger charge is -2.38. The normalized spacial score (nSPS) is 22.5. The van der Waals surface area contributed by atoms with Gasteiger partial charge in [-0.25, -0.2) is 8.78 Å². The average Bonchev–Trinajstić information content (AvgIpc) is 4.06. The summed E-state index contributed by atoms with van der Waals surface area (Å²) in [7, 11) is 0. The van der Waals surface area contributed by atoms with Crippen molar-refractivity contribution >= 4 is 39.2 Å². The Morgan fingerprint density at radius 2 is 1.74 bits per heavy atom. The number of hydrogen-bond acceptors (Lipinski definition) is 13. The number of nitrogens with one attached hydrogen (secondary N) is 1. The van der Waals surface area contributed by atoms with Gasteiger partial charge in [0.1, 0.15) is 41.1 Å². The van der Waals surface area contributed by atoms with Crippen molar-refractivity contribution in [3.05, 3.63) is 59.5 Å². The van der Waals surface area contributed by atoms with Crippen LogP contribution in [0.3, 0.4) is 0 Å². The minimum absolute atomic E-state index is 0.0346. The van der Waals surface area contributed by atoms with E-state index in [2.05, 4.69) is 66.7 Å². The number of nitrogens with zero attached hydrogens (tertiary/aromatic N) is 9. The van der Waals surface area contributed by atoms with Gasteiger partial charge in [0.2, 0.25) is 5.91 Å². The van der Waals surface area contributed by atoms with E-state index in [4.69, 9.17) is 20.7 Å². The van der Waals surface area contributed by atoms with Crippen LogP contribution in [0.5, 0.6) is 11.8 Å². The number of aromatic hydroxyl groups is 1. The van der Waals surface area contributed by atoms with Crippen molar-refractivity contribution in [3.8, 4) is 35.4 Å². The fourth-order valence-electron chi connectivity index (χ4n) is 11.2. The number of fused-ring (bicyclic) bond motifs is 4. The fourth-order valence-corrected chi connectivity index (χ4v) is 11.2. The van der Waals surface area contributed by atoms with E-state index < -0.39 is 11.6 Å². The van der Waals surface area contributed by atoms with E-state index in [1.165, 1.54) is 24.3 Å². The summed E-state index contributed by atoms with van der Waals surface area (Å²) < 4.78 is 44.1. The van der Waals surface area contributed by atoms with Crippen LogP contribution < -0.4 is 19.9 Å². The SMILES string of the molecule is C#Cc1c(F)ccc2cc(O)cc(-c3ncc4c(N5CC6CCC(C5)N6)nc(OCCN5CCC(CN6CCN(c7cc(C(C(=O)N8CCCC8C)C(C)C)on7)CC6)CC5)nc4c3F)c12. The first kappa shape index (κ1) is 44.2. The van der Waals surface area contributed by atoms with Gasteiger partial charge in [0, 0.05) is 100 Å². The number of pyridine rings is 1. The first-order chi connectivity index (χ1) is 32.0. The van der Waals surface area contributed by atoms with E-state index in [1.807, 2.05) is 11.0 Å². The van der Waals surface area contributed by atoms with Crippen molar-refractivity contribution in [1.29, 1.82) is 0 Å². The smallest absolute Gasteiger partial charge is 0.319 e. The molecule has 348 valence electrons. The molecule has 16 heteroatoms. The number of terminal acetylenes is 1. The van der Waals surface area contributed by atoms with Crippen molar-refractivity contribution in [3.63, 3.8) is 0 Å². The molecule has 8 heterocycles. The number of phenols is 1. The average molecular weight is 903 g/mol. The second-order valence-electron chi connectivity index (χ2n) is 19.5. The van der Waals surface area contributed by atoms with E-state index in [0.717, 1.165) is 96.7 Å². The number of rotatable bonds is 12. The summed E-state index contributed by atoms with van der Waals surface area (Å²) in [4.78, 5) is 39.1. The van der Waals surface area contributed by atoms with Crippen LogP contribution >= 0.6 is 0 Å². The van der Waals surface area contributed by atoms with Crippen LogP contribution in [0.2, 0.25) is 0 Å². The van der Waals surface area contributed by atoms with Crippen molar-refractivity contribution in [1.82, 2.24) is 40.1 Å². The number of benzene rings is 2. The minimum atomic E-state index is -0.732. The Morgan fingerprint density at radius 3 is 2.45 bits per heavy atom. The quantitative estimate of drug-likeness (QED) is 0.134. The molecule has 10 rings (SSSR count). The molecule has 0 radical (unpaired) electrons. The molecule has 5 aliphatic heterocycles. The summed E-state index contributed by atoms with van der Waals surface area (Å²) in [6, 6.07) is 8.51. The summed E-state index contributed by atoms with van der Waals surface area (Å²) in [6.45, 7) is 16.1. The van der Waals surface area contributed by atoms with Gasteiger partial charge in [-0.05, 0) is 94.0 Å². The van der Waals surface area contributed by atoms with Gasteiger partial charge in [-0.2, -0.15) is 9.97 Å². The number of carbonyl (C=O) groups is 1. The van der Waals surface area contributed by atoms with Crippen LogP contribution in [-0.2, 0) is 4.79 Å². The first-order valence-electron chi connectivity index (χ1n) is 23.9. The zero-order chi connectivity index (χ0) is 45.6. The summed E-state index contributed by atoms with van der Waals surface area (Å²) in [5.74, 6) is 3.52. The maximum atomic E-state index is 17.0. The Morgan fingerprint density at radius 1 is 0.970 bits per heavy atom. The topological polar surface area (TPSA) is 139 Å². The summed E-state index contributed by atoms with van der Waals surface area (Å²) in [5, 5.41) is 19.9. The highest BCUT2D eigenvalue weighted by molar-refractivity contribution is 6.03. The number of halogens is 2. The molecular formula is C50H60F2N10O4. The Bertz CT molecular complexity index is 2630. The van der Waals surface area contributed by atoms with Gasteiger partial charge in [0.25, 0.3) is 0 Å². The molecule has 66 heavy (non-hydrogen) atoms. The Labute approximate surface area is 384 Å². The number of aromatic nitrogens is 4. The fraction of sp³-hybridized carbons (Fsp3) is 0.540. The van der Waals surface area contributed by atoms with Gasteiger partial charge in [-0.1, -0.05) is 31.0 Å². The molecule has 5 fully saturated rings. The highest BCUT2D eigenvalue weighted by Crippen LogP contribution is 2.40. The molecule has 5 saturated heterocycles. The molecule has 14 nitrogen and oxygen atoms in total. The first-order valence-corrected chi connectivity index (χ1v) is 23.9. The molecular weight excluding hydrogens is 843 g/mol. The summed E-state index contributed by atoms with van der Waals surface area (Å²) in [6.07, 6.45) is 13.7. The molecule has 4 atom stereocenters. The lowest BCUT2D eigenvalue weighted by atomic mass is 9.91. The Hall–Kier alpha value is -5.63. The van der Waals surface area contributed by atoms with E-state index in [0.29, 0.717) is 66.6 Å². The standard InChI is InChI=1S/C50H60F2N10O4/c1-5-37-40(51)11-8-33-23-36(63)24-38(44(33)37)46-45(52)47-39(26-53-46)48(61-28-34-9-10-35(29-61)54-34)56-50(55-47)65-22-21-58-15-12-32(13-16-58)27-59-17-19-60(20-18-59)42-25-41(66-57-42)43(30(2)3)49(64)62-14-6-7-31(62)4/h1,8,11,23-26,30-32,34-35,43,54,63H,6-7,9-10,12-22,27-29H2,2-4H3. The van der Waals surface area contributed by atoms with E-state index in [1.54, 1.807) is 6.20 Å². The van der Waals surface area contributed by atoms with Crippen molar-refractivity contribution in [2.75, 3.05) is 88.4 Å². The van der Waals surface area contributed by atoms with Gasteiger partial charge < -0.3 is 34.4 Å². The molecule has 5 aliphatic rings. The maximum absolute atomic E-state index is 17.0. The van der Waals surface area contributed by atoms with Crippen LogP contribution in [0.25, 0.3) is 32.9 Å². The molecule has 2 aromatic carbocycles. The van der Waals surface area contributed by atoms with Crippen molar-refractivity contribution in [2.24, 2.45) is 11.8 Å². The number of likely N-dealkylation sites (tertiary alicyclic amines) is 2. The van der Waals surface area contributed by atoms with Crippen LogP contribution in [0.4, 0.5) is 20.4 Å². The third kappa shape index (κ3) is 8.73. The maximum Gasteiger partial charge on any atom is 0.319 e. The van der Waals surface area contributed by atoms with Crippen LogP contribution in [0, 0.1) is 35.8 Å². The number of ether oxygens (including phenoxy) is 1. The molecule has 2 N–H and O–H groups in total. The minimum Gasteiger partial charge on any atom is -0.508 e.